The minimum atomic E-state index is 0.635. The van der Waals surface area contributed by atoms with E-state index in [2.05, 4.69) is 21.6 Å². The Hall–Kier alpha value is -1.18. The van der Waals surface area contributed by atoms with Crippen LogP contribution in [0.1, 0.15) is 19.0 Å². The van der Waals surface area contributed by atoms with Gasteiger partial charge in [-0.05, 0) is 32.5 Å². The van der Waals surface area contributed by atoms with Crippen LogP contribution in [0.2, 0.25) is 0 Å². The molecule has 2 rings (SSSR count). The van der Waals surface area contributed by atoms with Crippen molar-refractivity contribution in [2.24, 2.45) is 0 Å². The molecular formula is C13H22N4O2S. The lowest BCUT2D eigenvalue weighted by Crippen LogP contribution is -2.09. The van der Waals surface area contributed by atoms with Gasteiger partial charge in [0.1, 0.15) is 5.52 Å². The van der Waals surface area contributed by atoms with Crippen molar-refractivity contribution in [2.45, 2.75) is 33.4 Å². The van der Waals surface area contributed by atoms with E-state index in [-0.39, 0.29) is 0 Å². The van der Waals surface area contributed by atoms with E-state index in [9.17, 15) is 0 Å². The van der Waals surface area contributed by atoms with Gasteiger partial charge in [-0.15, -0.1) is 0 Å². The first-order valence-corrected chi connectivity index (χ1v) is 7.32. The minimum Gasteiger partial charge on any atom is -0.382 e. The van der Waals surface area contributed by atoms with Crippen molar-refractivity contribution in [3.63, 3.8) is 0 Å². The van der Waals surface area contributed by atoms with Crippen molar-refractivity contribution in [3.8, 4) is 0 Å². The predicted molar refractivity (Wildman–Crippen MR) is 80.6 cm³/mol. The van der Waals surface area contributed by atoms with Crippen molar-refractivity contribution in [3.05, 3.63) is 10.5 Å². The maximum absolute atomic E-state index is 5.48. The molecule has 0 saturated heterocycles. The summed E-state index contributed by atoms with van der Waals surface area (Å²) in [6.45, 7) is 7.72. The molecule has 7 heteroatoms. The number of hydrogen-bond donors (Lipinski definition) is 1. The SMILES string of the molecule is CCn1nc(C)c2[nH]c(=S)n(CCCOCCOC)c21. The fourth-order valence-electron chi connectivity index (χ4n) is 2.26. The Kier molecular flexibility index (Phi) is 5.33. The van der Waals surface area contributed by atoms with E-state index in [1.54, 1.807) is 7.11 Å². The van der Waals surface area contributed by atoms with E-state index >= 15 is 0 Å². The number of aromatic amines is 1. The molecule has 2 aromatic heterocycles. The predicted octanol–water partition coefficient (Wildman–Crippen LogP) is 2.28. The van der Waals surface area contributed by atoms with Crippen LogP contribution in [0.5, 0.6) is 0 Å². The third-order valence-corrected chi connectivity index (χ3v) is 3.56. The van der Waals surface area contributed by atoms with Gasteiger partial charge in [-0.2, -0.15) is 5.10 Å². The minimum absolute atomic E-state index is 0.635. The summed E-state index contributed by atoms with van der Waals surface area (Å²) in [7, 11) is 1.67. The molecule has 1 N–H and O–H groups in total. The first-order valence-electron chi connectivity index (χ1n) is 6.91. The highest BCUT2D eigenvalue weighted by Crippen LogP contribution is 2.18. The van der Waals surface area contributed by atoms with Gasteiger partial charge in [-0.3, -0.25) is 0 Å². The van der Waals surface area contributed by atoms with Gasteiger partial charge >= 0.3 is 0 Å². The van der Waals surface area contributed by atoms with Crippen LogP contribution in [0.3, 0.4) is 0 Å². The lowest BCUT2D eigenvalue weighted by molar-refractivity contribution is 0.0680. The summed E-state index contributed by atoms with van der Waals surface area (Å²) in [5, 5.41) is 4.51. The highest BCUT2D eigenvalue weighted by atomic mass is 32.1. The van der Waals surface area contributed by atoms with E-state index < -0.39 is 0 Å². The lowest BCUT2D eigenvalue weighted by Gasteiger charge is -2.07. The summed E-state index contributed by atoms with van der Waals surface area (Å²) in [5.41, 5.74) is 3.10. The summed E-state index contributed by atoms with van der Waals surface area (Å²) < 4.78 is 15.3. The molecule has 0 aliphatic heterocycles. The zero-order valence-corrected chi connectivity index (χ0v) is 13.1. The van der Waals surface area contributed by atoms with Crippen LogP contribution in [0.15, 0.2) is 0 Å². The van der Waals surface area contributed by atoms with Crippen LogP contribution in [0, 0.1) is 11.7 Å². The molecule has 0 spiro atoms. The summed E-state index contributed by atoms with van der Waals surface area (Å²) in [6.07, 6.45) is 0.916. The molecule has 0 bridgehead atoms. The van der Waals surface area contributed by atoms with Crippen LogP contribution >= 0.6 is 12.2 Å². The standard InChI is InChI=1S/C13H22N4O2S/c1-4-17-12-11(10(2)15-17)14-13(20)16(12)6-5-7-19-9-8-18-3/h4-9H2,1-3H3,(H,14,20). The molecule has 0 radical (unpaired) electrons. The van der Waals surface area contributed by atoms with E-state index in [0.29, 0.717) is 19.8 Å². The monoisotopic (exact) mass is 298 g/mol. The number of nitrogens with one attached hydrogen (secondary N) is 1. The van der Waals surface area contributed by atoms with Gasteiger partial charge in [0.15, 0.2) is 10.4 Å². The van der Waals surface area contributed by atoms with Crippen LogP contribution in [0.4, 0.5) is 0 Å². The van der Waals surface area contributed by atoms with Gasteiger partial charge in [0.2, 0.25) is 0 Å². The zero-order valence-electron chi connectivity index (χ0n) is 12.3. The Labute approximate surface area is 123 Å². The second kappa shape index (κ2) is 7.01. The average Bonchev–Trinajstić information content (AvgIpc) is 2.92. The van der Waals surface area contributed by atoms with Crippen LogP contribution < -0.4 is 0 Å². The van der Waals surface area contributed by atoms with E-state index in [0.717, 1.165) is 41.1 Å². The molecule has 112 valence electrons. The Bertz CT molecular complexity index is 614. The van der Waals surface area contributed by atoms with E-state index in [4.69, 9.17) is 21.7 Å². The number of nitrogens with zero attached hydrogens (tertiary/aromatic N) is 3. The number of rotatable bonds is 8. The number of methoxy groups -OCH3 is 1. The van der Waals surface area contributed by atoms with Crippen molar-refractivity contribution in [1.29, 1.82) is 0 Å². The number of aryl methyl sites for hydroxylation is 3. The Morgan fingerprint density at radius 2 is 2.10 bits per heavy atom. The summed E-state index contributed by atoms with van der Waals surface area (Å²) >= 11 is 5.40. The molecule has 6 nitrogen and oxygen atoms in total. The summed E-state index contributed by atoms with van der Waals surface area (Å²) in [6, 6.07) is 0. The third-order valence-electron chi connectivity index (χ3n) is 3.24. The third kappa shape index (κ3) is 3.11. The maximum atomic E-state index is 5.48. The fourth-order valence-corrected chi connectivity index (χ4v) is 2.54. The molecule has 0 aliphatic carbocycles. The number of imidazole rings is 1. The smallest absolute Gasteiger partial charge is 0.179 e. The highest BCUT2D eigenvalue weighted by Gasteiger charge is 2.13. The normalized spacial score (nSPS) is 11.6. The summed E-state index contributed by atoms with van der Waals surface area (Å²) in [5.74, 6) is 0. The second-order valence-electron chi connectivity index (χ2n) is 4.64. The molecule has 0 aliphatic rings. The fraction of sp³-hybridized carbons (Fsp3) is 0.692. The molecular weight excluding hydrogens is 276 g/mol. The van der Waals surface area contributed by atoms with Gasteiger partial charge in [0.05, 0.1) is 18.9 Å². The molecule has 0 aromatic carbocycles. The molecule has 2 aromatic rings. The topological polar surface area (TPSA) is 57.0 Å². The van der Waals surface area contributed by atoms with Crippen molar-refractivity contribution < 1.29 is 9.47 Å². The number of fused-ring (bicyclic) bond motifs is 1. The lowest BCUT2D eigenvalue weighted by atomic mass is 10.4. The molecule has 0 fully saturated rings. The van der Waals surface area contributed by atoms with Crippen molar-refractivity contribution >= 4 is 23.4 Å². The van der Waals surface area contributed by atoms with Gasteiger partial charge < -0.3 is 19.0 Å². The highest BCUT2D eigenvalue weighted by molar-refractivity contribution is 7.71. The molecule has 2 heterocycles. The maximum Gasteiger partial charge on any atom is 0.179 e. The van der Waals surface area contributed by atoms with Gasteiger partial charge in [-0.25, -0.2) is 4.68 Å². The number of aromatic nitrogens is 4. The first-order chi connectivity index (χ1) is 9.69. The Balaban J connectivity index is 2.06. The quantitative estimate of drug-likeness (QED) is 0.600. The molecule has 0 amide bonds. The van der Waals surface area contributed by atoms with E-state index in [1.165, 1.54) is 0 Å². The largest absolute Gasteiger partial charge is 0.382 e. The molecule has 0 atom stereocenters. The number of hydrogen-bond acceptors (Lipinski definition) is 4. The van der Waals surface area contributed by atoms with Crippen molar-refractivity contribution in [2.75, 3.05) is 26.9 Å². The Morgan fingerprint density at radius 1 is 1.30 bits per heavy atom. The van der Waals surface area contributed by atoms with Crippen LogP contribution in [0.25, 0.3) is 11.2 Å². The van der Waals surface area contributed by atoms with Crippen LogP contribution in [-0.4, -0.2) is 46.3 Å². The second-order valence-corrected chi connectivity index (χ2v) is 5.03. The molecule has 0 saturated carbocycles. The first kappa shape index (κ1) is 15.2. The molecule has 20 heavy (non-hydrogen) atoms. The summed E-state index contributed by atoms with van der Waals surface area (Å²) in [4.78, 5) is 3.24. The van der Waals surface area contributed by atoms with Gasteiger partial charge in [0.25, 0.3) is 0 Å². The van der Waals surface area contributed by atoms with Gasteiger partial charge in [0, 0.05) is 26.8 Å². The van der Waals surface area contributed by atoms with Gasteiger partial charge in [-0.1, -0.05) is 0 Å². The van der Waals surface area contributed by atoms with E-state index in [1.807, 2.05) is 11.6 Å². The zero-order chi connectivity index (χ0) is 14.5. The van der Waals surface area contributed by atoms with Crippen LogP contribution in [-0.2, 0) is 22.6 Å². The number of H-pyrrole nitrogens is 1. The number of ether oxygens (including phenoxy) is 2. The molecule has 0 unspecified atom stereocenters. The Morgan fingerprint density at radius 3 is 2.80 bits per heavy atom. The average molecular weight is 298 g/mol. The van der Waals surface area contributed by atoms with Crippen molar-refractivity contribution in [1.82, 2.24) is 19.3 Å².